The maximum absolute atomic E-state index is 11.9. The topological polar surface area (TPSA) is 148 Å². The van der Waals surface area contributed by atoms with Gasteiger partial charge in [0, 0.05) is 11.6 Å². The molecule has 2 rings (SSSR count). The number of alkyl carbamates (subject to hydrolysis) is 1. The van der Waals surface area contributed by atoms with E-state index in [0.717, 1.165) is 5.56 Å². The molecular formula is C20H20Cl2N6O5. The number of rotatable bonds is 8. The Morgan fingerprint density at radius 3 is 2.42 bits per heavy atom. The van der Waals surface area contributed by atoms with Crippen molar-refractivity contribution in [3.63, 3.8) is 0 Å². The number of nitriles is 1. The van der Waals surface area contributed by atoms with E-state index >= 15 is 0 Å². The number of benzene rings is 1. The molecule has 2 aromatic rings. The van der Waals surface area contributed by atoms with Gasteiger partial charge in [-0.3, -0.25) is 15.5 Å². The van der Waals surface area contributed by atoms with Gasteiger partial charge in [-0.15, -0.1) is 10.2 Å². The second-order valence-corrected chi connectivity index (χ2v) is 7.35. The van der Waals surface area contributed by atoms with Crippen LogP contribution in [0.15, 0.2) is 23.3 Å². The second kappa shape index (κ2) is 11.8. The summed E-state index contributed by atoms with van der Waals surface area (Å²) in [4.78, 5) is 23.2. The van der Waals surface area contributed by atoms with E-state index in [9.17, 15) is 9.59 Å². The van der Waals surface area contributed by atoms with Crippen molar-refractivity contribution in [2.24, 2.45) is 5.10 Å². The number of aromatic nitrogens is 2. The molecule has 0 saturated carbocycles. The minimum absolute atomic E-state index is 0.0582. The average molecular weight is 495 g/mol. The Hall–Kier alpha value is -3.62. The Morgan fingerprint density at radius 1 is 1.21 bits per heavy atom. The van der Waals surface area contributed by atoms with Crippen LogP contribution in [-0.2, 0) is 9.53 Å². The molecule has 174 valence electrons. The third-order valence-electron chi connectivity index (χ3n) is 3.89. The van der Waals surface area contributed by atoms with Crippen LogP contribution in [0.1, 0.15) is 32.3 Å². The summed E-state index contributed by atoms with van der Waals surface area (Å²) >= 11 is 12.6. The van der Waals surface area contributed by atoms with Gasteiger partial charge in [-0.25, -0.2) is 4.79 Å². The van der Waals surface area contributed by atoms with Gasteiger partial charge in [0.15, 0.2) is 5.75 Å². The van der Waals surface area contributed by atoms with E-state index in [1.54, 1.807) is 19.1 Å². The molecule has 13 heteroatoms. The minimum atomic E-state index is -1.04. The van der Waals surface area contributed by atoms with Crippen LogP contribution in [-0.4, -0.2) is 41.6 Å². The van der Waals surface area contributed by atoms with E-state index in [4.69, 9.17) is 37.9 Å². The summed E-state index contributed by atoms with van der Waals surface area (Å²) in [5.74, 6) is -0.289. The number of anilines is 1. The van der Waals surface area contributed by atoms with Gasteiger partial charge in [0.25, 0.3) is 5.91 Å². The number of hydrazone groups is 1. The number of hydrogen-bond acceptors (Lipinski definition) is 10. The van der Waals surface area contributed by atoms with Crippen molar-refractivity contribution >= 4 is 46.6 Å². The molecule has 33 heavy (non-hydrogen) atoms. The van der Waals surface area contributed by atoms with E-state index in [0.29, 0.717) is 5.88 Å². The smallest absolute Gasteiger partial charge is 0.414 e. The van der Waals surface area contributed by atoms with Crippen molar-refractivity contribution < 1.29 is 23.8 Å². The quantitative estimate of drug-likeness (QED) is 0.405. The third-order valence-corrected chi connectivity index (χ3v) is 4.46. The first-order valence-electron chi connectivity index (χ1n) is 9.50. The van der Waals surface area contributed by atoms with E-state index in [1.165, 1.54) is 19.2 Å². The molecule has 0 aliphatic rings. The highest BCUT2D eigenvalue weighted by atomic mass is 35.5. The van der Waals surface area contributed by atoms with Crippen LogP contribution in [0.3, 0.4) is 0 Å². The van der Waals surface area contributed by atoms with E-state index < -0.39 is 17.7 Å². The number of nitrogens with zero attached hydrogens (tertiary/aromatic N) is 4. The van der Waals surface area contributed by atoms with Crippen molar-refractivity contribution in [1.29, 1.82) is 5.26 Å². The summed E-state index contributed by atoms with van der Waals surface area (Å²) in [5.41, 5.74) is 2.89. The molecule has 0 spiro atoms. The van der Waals surface area contributed by atoms with E-state index in [2.05, 4.69) is 25.5 Å². The molecule has 2 amide bonds. The third kappa shape index (κ3) is 6.93. The van der Waals surface area contributed by atoms with E-state index in [1.807, 2.05) is 19.2 Å². The molecule has 0 saturated heterocycles. The number of nitrogens with one attached hydrogen (secondary N) is 2. The lowest BCUT2D eigenvalue weighted by Crippen LogP contribution is -2.36. The summed E-state index contributed by atoms with van der Waals surface area (Å²) in [6, 6.07) is 6.05. The molecule has 0 unspecified atom stereocenters. The highest BCUT2D eigenvalue weighted by Gasteiger charge is 2.17. The molecule has 11 nitrogen and oxygen atoms in total. The van der Waals surface area contributed by atoms with Crippen LogP contribution in [0.2, 0.25) is 10.0 Å². The summed E-state index contributed by atoms with van der Waals surface area (Å²) in [5, 5.41) is 22.8. The van der Waals surface area contributed by atoms with Crippen molar-refractivity contribution in [1.82, 2.24) is 15.5 Å². The number of methoxy groups -OCH3 is 1. The molecule has 0 atom stereocenters. The number of ether oxygens (including phenoxy) is 3. The standard InChI is InChI=1S/C20H20Cl2N6O5/c1-5-32-20(30)24-18(29)15(9-23)26-25-11-6-13(21)17(14(22)7-11)33-16-8-12(10(2)3)19(31-4)28-27-16/h6-8,10,25H,5H2,1-4H3,(H,24,29,30)/b26-15-. The molecule has 1 heterocycles. The first kappa shape index (κ1) is 25.6. The Kier molecular flexibility index (Phi) is 9.20. The first-order chi connectivity index (χ1) is 15.7. The fraction of sp³-hybridized carbons (Fsp3) is 0.300. The van der Waals surface area contributed by atoms with Crippen LogP contribution in [0.25, 0.3) is 0 Å². The van der Waals surface area contributed by atoms with Crippen molar-refractivity contribution in [3.8, 4) is 23.6 Å². The zero-order valence-electron chi connectivity index (χ0n) is 18.1. The molecule has 1 aromatic carbocycles. The van der Waals surface area contributed by atoms with Crippen LogP contribution in [0.5, 0.6) is 17.5 Å². The summed E-state index contributed by atoms with van der Waals surface area (Å²) in [6.45, 7) is 5.55. The molecule has 0 radical (unpaired) electrons. The van der Waals surface area contributed by atoms with E-state index in [-0.39, 0.29) is 39.9 Å². The molecule has 0 aliphatic heterocycles. The Balaban J connectivity index is 2.21. The van der Waals surface area contributed by atoms with Crippen LogP contribution >= 0.6 is 23.2 Å². The Labute approximate surface area is 199 Å². The van der Waals surface area contributed by atoms with Crippen LogP contribution in [0.4, 0.5) is 10.5 Å². The van der Waals surface area contributed by atoms with Crippen LogP contribution in [0, 0.1) is 11.3 Å². The van der Waals surface area contributed by atoms with Gasteiger partial charge in [-0.1, -0.05) is 37.0 Å². The first-order valence-corrected chi connectivity index (χ1v) is 10.3. The summed E-state index contributed by atoms with van der Waals surface area (Å²) < 4.78 is 15.5. The average Bonchev–Trinajstić information content (AvgIpc) is 2.76. The maximum Gasteiger partial charge on any atom is 0.414 e. The fourth-order valence-electron chi connectivity index (χ4n) is 2.39. The number of imide groups is 1. The van der Waals surface area contributed by atoms with Crippen LogP contribution < -0.4 is 20.2 Å². The molecule has 0 aliphatic carbocycles. The van der Waals surface area contributed by atoms with Gasteiger partial charge in [0.05, 0.1) is 29.4 Å². The minimum Gasteiger partial charge on any atom is -0.480 e. The number of halogens is 2. The van der Waals surface area contributed by atoms with Gasteiger partial charge in [0.1, 0.15) is 6.07 Å². The van der Waals surface area contributed by atoms with Gasteiger partial charge < -0.3 is 14.2 Å². The molecule has 1 aromatic heterocycles. The zero-order chi connectivity index (χ0) is 24.5. The normalized spacial score (nSPS) is 10.9. The SMILES string of the molecule is CCOC(=O)NC(=O)/C(C#N)=N\Nc1cc(Cl)c(Oc2cc(C(C)C)c(OC)nn2)c(Cl)c1. The largest absolute Gasteiger partial charge is 0.480 e. The van der Waals surface area contributed by atoms with Gasteiger partial charge in [0.2, 0.25) is 17.5 Å². The Bertz CT molecular complexity index is 1090. The Morgan fingerprint density at radius 2 is 1.88 bits per heavy atom. The highest BCUT2D eigenvalue weighted by Crippen LogP contribution is 2.39. The van der Waals surface area contributed by atoms with Crippen molar-refractivity contribution in [3.05, 3.63) is 33.8 Å². The predicted molar refractivity (Wildman–Crippen MR) is 121 cm³/mol. The second-order valence-electron chi connectivity index (χ2n) is 6.53. The van der Waals surface area contributed by atoms with Crippen molar-refractivity contribution in [2.75, 3.05) is 19.1 Å². The summed E-state index contributed by atoms with van der Waals surface area (Å²) in [6.07, 6.45) is -1.000. The van der Waals surface area contributed by atoms with Crippen molar-refractivity contribution in [2.45, 2.75) is 26.7 Å². The van der Waals surface area contributed by atoms with Gasteiger partial charge in [-0.2, -0.15) is 10.4 Å². The molecule has 0 bridgehead atoms. The number of hydrogen-bond donors (Lipinski definition) is 2. The van der Waals surface area contributed by atoms with Gasteiger partial charge in [-0.05, 0) is 25.0 Å². The molecular weight excluding hydrogens is 475 g/mol. The highest BCUT2D eigenvalue weighted by molar-refractivity contribution is 6.47. The molecule has 2 N–H and O–H groups in total. The summed E-state index contributed by atoms with van der Waals surface area (Å²) in [7, 11) is 1.50. The van der Waals surface area contributed by atoms with Gasteiger partial charge >= 0.3 is 6.09 Å². The number of carbonyl (C=O) groups is 2. The predicted octanol–water partition coefficient (Wildman–Crippen LogP) is 4.27. The number of amides is 2. The maximum atomic E-state index is 11.9. The monoisotopic (exact) mass is 494 g/mol. The molecule has 0 fully saturated rings. The lowest BCUT2D eigenvalue weighted by Gasteiger charge is -2.13. The fourth-order valence-corrected chi connectivity index (χ4v) is 2.96. The number of carbonyl (C=O) groups excluding carboxylic acids is 2. The zero-order valence-corrected chi connectivity index (χ0v) is 19.6. The lowest BCUT2D eigenvalue weighted by molar-refractivity contribution is -0.114. The lowest BCUT2D eigenvalue weighted by atomic mass is 10.1.